The van der Waals surface area contributed by atoms with E-state index in [2.05, 4.69) is 20.2 Å². The van der Waals surface area contributed by atoms with Crippen LogP contribution >= 0.6 is 0 Å². The van der Waals surface area contributed by atoms with Crippen molar-refractivity contribution in [1.29, 1.82) is 0 Å². The summed E-state index contributed by atoms with van der Waals surface area (Å²) in [5.41, 5.74) is 1.67. The second-order valence-electron chi connectivity index (χ2n) is 3.64. The van der Waals surface area contributed by atoms with Gasteiger partial charge in [0.25, 0.3) is 0 Å². The third-order valence-corrected chi connectivity index (χ3v) is 2.40. The summed E-state index contributed by atoms with van der Waals surface area (Å²) in [6.07, 6.45) is 4.95. The maximum atomic E-state index is 5.64. The lowest BCUT2D eigenvalue weighted by atomic mass is 10.2. The van der Waals surface area contributed by atoms with Gasteiger partial charge >= 0.3 is 0 Å². The summed E-state index contributed by atoms with van der Waals surface area (Å²) in [5.74, 6) is 1.25. The molecule has 1 aromatic carbocycles. The molecule has 0 radical (unpaired) electrons. The van der Waals surface area contributed by atoms with Gasteiger partial charge in [-0.3, -0.25) is 5.10 Å². The number of aromatic amines is 1. The summed E-state index contributed by atoms with van der Waals surface area (Å²) in [4.78, 5) is 8.25. The van der Waals surface area contributed by atoms with E-state index < -0.39 is 0 Å². The van der Waals surface area contributed by atoms with Crippen molar-refractivity contribution in [3.05, 3.63) is 55.1 Å². The van der Waals surface area contributed by atoms with Crippen LogP contribution in [-0.4, -0.2) is 20.2 Å². The van der Waals surface area contributed by atoms with Crippen LogP contribution in [-0.2, 0) is 0 Å². The van der Waals surface area contributed by atoms with Gasteiger partial charge in [-0.1, -0.05) is 18.2 Å². The van der Waals surface area contributed by atoms with Crippen LogP contribution in [0.3, 0.4) is 0 Å². The first kappa shape index (κ1) is 10.5. The van der Waals surface area contributed by atoms with Crippen LogP contribution in [0, 0.1) is 0 Å². The number of ether oxygens (including phenoxy) is 1. The standard InChI is InChI=1S/C13H10N4O/c1-2-4-11(5-3-1)18-13-6-12(14-9-15-13)10-7-16-17-8-10/h1-9H,(H,16,17). The molecule has 18 heavy (non-hydrogen) atoms. The van der Waals surface area contributed by atoms with E-state index in [9.17, 15) is 0 Å². The SMILES string of the molecule is c1ccc(Oc2cc(-c3cn[nH]c3)ncn2)cc1. The Morgan fingerprint density at radius 1 is 1.06 bits per heavy atom. The summed E-state index contributed by atoms with van der Waals surface area (Å²) in [6.45, 7) is 0. The lowest BCUT2D eigenvalue weighted by molar-refractivity contribution is 0.462. The smallest absolute Gasteiger partial charge is 0.222 e. The van der Waals surface area contributed by atoms with Crippen molar-refractivity contribution in [3.8, 4) is 22.9 Å². The predicted octanol–water partition coefficient (Wildman–Crippen LogP) is 2.66. The molecule has 3 aromatic rings. The molecule has 0 saturated heterocycles. The Balaban J connectivity index is 1.88. The zero-order valence-corrected chi connectivity index (χ0v) is 9.45. The van der Waals surface area contributed by atoms with E-state index >= 15 is 0 Å². The van der Waals surface area contributed by atoms with Gasteiger partial charge < -0.3 is 4.74 Å². The number of aromatic nitrogens is 4. The number of H-pyrrole nitrogens is 1. The van der Waals surface area contributed by atoms with Gasteiger partial charge in [-0.25, -0.2) is 9.97 Å². The predicted molar refractivity (Wildman–Crippen MR) is 66.1 cm³/mol. The summed E-state index contributed by atoms with van der Waals surface area (Å²) in [7, 11) is 0. The average Bonchev–Trinajstić information content (AvgIpc) is 2.94. The van der Waals surface area contributed by atoms with Gasteiger partial charge in [-0.2, -0.15) is 5.10 Å². The first-order valence-corrected chi connectivity index (χ1v) is 5.46. The van der Waals surface area contributed by atoms with Gasteiger partial charge in [0.15, 0.2) is 0 Å². The zero-order valence-electron chi connectivity index (χ0n) is 9.45. The highest BCUT2D eigenvalue weighted by molar-refractivity contribution is 5.57. The van der Waals surface area contributed by atoms with E-state index in [0.29, 0.717) is 5.88 Å². The van der Waals surface area contributed by atoms with Gasteiger partial charge in [0.05, 0.1) is 11.9 Å². The molecule has 0 aliphatic carbocycles. The molecule has 0 spiro atoms. The Morgan fingerprint density at radius 2 is 1.94 bits per heavy atom. The molecule has 0 aliphatic heterocycles. The average molecular weight is 238 g/mol. The number of nitrogens with zero attached hydrogens (tertiary/aromatic N) is 3. The van der Waals surface area contributed by atoms with E-state index in [0.717, 1.165) is 17.0 Å². The molecule has 0 bridgehead atoms. The second kappa shape index (κ2) is 4.67. The van der Waals surface area contributed by atoms with Crippen molar-refractivity contribution in [2.45, 2.75) is 0 Å². The zero-order chi connectivity index (χ0) is 12.2. The molecule has 0 saturated carbocycles. The fourth-order valence-electron chi connectivity index (χ4n) is 1.55. The van der Waals surface area contributed by atoms with E-state index in [4.69, 9.17) is 4.74 Å². The van der Waals surface area contributed by atoms with Crippen molar-refractivity contribution >= 4 is 0 Å². The van der Waals surface area contributed by atoms with Crippen molar-refractivity contribution < 1.29 is 4.74 Å². The number of rotatable bonds is 3. The maximum Gasteiger partial charge on any atom is 0.222 e. The number of para-hydroxylation sites is 1. The van der Waals surface area contributed by atoms with Crippen LogP contribution in [0.1, 0.15) is 0 Å². The third-order valence-electron chi connectivity index (χ3n) is 2.40. The Labute approximate surface area is 103 Å². The highest BCUT2D eigenvalue weighted by atomic mass is 16.5. The Bertz CT molecular complexity index is 623. The molecular weight excluding hydrogens is 228 g/mol. The molecule has 0 unspecified atom stereocenters. The first-order chi connectivity index (χ1) is 8.92. The molecule has 1 N–H and O–H groups in total. The summed E-state index contributed by atoms with van der Waals surface area (Å²) in [6, 6.07) is 11.3. The van der Waals surface area contributed by atoms with Crippen LogP contribution in [0.2, 0.25) is 0 Å². The molecule has 2 heterocycles. The molecule has 0 atom stereocenters. The van der Waals surface area contributed by atoms with E-state index in [-0.39, 0.29) is 0 Å². The monoisotopic (exact) mass is 238 g/mol. The minimum absolute atomic E-state index is 0.507. The van der Waals surface area contributed by atoms with E-state index in [1.807, 2.05) is 30.3 Å². The highest BCUT2D eigenvalue weighted by Crippen LogP contribution is 2.22. The van der Waals surface area contributed by atoms with Crippen LogP contribution in [0.25, 0.3) is 11.3 Å². The first-order valence-electron chi connectivity index (χ1n) is 5.46. The molecule has 0 aliphatic rings. The number of hydrogen-bond acceptors (Lipinski definition) is 4. The van der Waals surface area contributed by atoms with Gasteiger partial charge in [0.2, 0.25) is 5.88 Å². The molecule has 0 fully saturated rings. The van der Waals surface area contributed by atoms with Crippen LogP contribution in [0.4, 0.5) is 0 Å². The highest BCUT2D eigenvalue weighted by Gasteiger charge is 2.04. The van der Waals surface area contributed by atoms with Crippen molar-refractivity contribution in [2.24, 2.45) is 0 Å². The number of nitrogens with one attached hydrogen (secondary N) is 1. The minimum atomic E-state index is 0.507. The van der Waals surface area contributed by atoms with E-state index in [1.54, 1.807) is 18.5 Å². The summed E-state index contributed by atoms with van der Waals surface area (Å²) in [5, 5.41) is 6.63. The topological polar surface area (TPSA) is 63.7 Å². The molecular formula is C13H10N4O. The lowest BCUT2D eigenvalue weighted by Gasteiger charge is -2.04. The largest absolute Gasteiger partial charge is 0.439 e. The minimum Gasteiger partial charge on any atom is -0.439 e. The quantitative estimate of drug-likeness (QED) is 0.761. The number of benzene rings is 1. The lowest BCUT2D eigenvalue weighted by Crippen LogP contribution is -1.90. The van der Waals surface area contributed by atoms with Crippen LogP contribution in [0.15, 0.2) is 55.1 Å². The number of hydrogen-bond donors (Lipinski definition) is 1. The van der Waals surface area contributed by atoms with Crippen LogP contribution < -0.4 is 4.74 Å². The van der Waals surface area contributed by atoms with Crippen LogP contribution in [0.5, 0.6) is 11.6 Å². The van der Waals surface area contributed by atoms with Crippen molar-refractivity contribution in [2.75, 3.05) is 0 Å². The van der Waals surface area contributed by atoms with Gasteiger partial charge in [0.1, 0.15) is 12.1 Å². The maximum absolute atomic E-state index is 5.64. The van der Waals surface area contributed by atoms with Gasteiger partial charge in [-0.15, -0.1) is 0 Å². The molecule has 2 aromatic heterocycles. The molecule has 0 amide bonds. The van der Waals surface area contributed by atoms with Crippen molar-refractivity contribution in [1.82, 2.24) is 20.2 Å². The molecule has 3 rings (SSSR count). The Kier molecular flexibility index (Phi) is 2.71. The fourth-order valence-corrected chi connectivity index (χ4v) is 1.55. The normalized spacial score (nSPS) is 10.2. The summed E-state index contributed by atoms with van der Waals surface area (Å²) < 4.78 is 5.64. The molecule has 5 nitrogen and oxygen atoms in total. The third kappa shape index (κ3) is 2.20. The van der Waals surface area contributed by atoms with Gasteiger partial charge in [-0.05, 0) is 12.1 Å². The second-order valence-corrected chi connectivity index (χ2v) is 3.64. The molecule has 88 valence electrons. The summed E-state index contributed by atoms with van der Waals surface area (Å²) >= 11 is 0. The molecule has 5 heteroatoms. The van der Waals surface area contributed by atoms with Gasteiger partial charge in [0, 0.05) is 17.8 Å². The Morgan fingerprint density at radius 3 is 2.72 bits per heavy atom. The van der Waals surface area contributed by atoms with Crippen molar-refractivity contribution in [3.63, 3.8) is 0 Å². The fraction of sp³-hybridized carbons (Fsp3) is 0. The Hall–Kier alpha value is -2.69. The van der Waals surface area contributed by atoms with E-state index in [1.165, 1.54) is 6.33 Å².